The average molecular weight is 230 g/mol. The number of ether oxygens (including phenoxy) is 1. The minimum Gasteiger partial charge on any atom is -0.453 e. The zero-order chi connectivity index (χ0) is 12.9. The summed E-state index contributed by atoms with van der Waals surface area (Å²) in [6, 6.07) is 0.156. The largest absolute Gasteiger partial charge is 0.453 e. The van der Waals surface area contributed by atoms with Crippen LogP contribution in [0.1, 0.15) is 41.5 Å². The van der Waals surface area contributed by atoms with Crippen LogP contribution in [0.3, 0.4) is 0 Å². The highest BCUT2D eigenvalue weighted by Crippen LogP contribution is 2.03. The van der Waals surface area contributed by atoms with E-state index in [9.17, 15) is 9.59 Å². The lowest BCUT2D eigenvalue weighted by molar-refractivity contribution is -0.160. The smallest absolute Gasteiger partial charge is 0.303 e. The van der Waals surface area contributed by atoms with E-state index in [0.29, 0.717) is 0 Å². The molecule has 0 aromatic rings. The molecule has 0 rings (SSSR count). The van der Waals surface area contributed by atoms with Crippen molar-refractivity contribution < 1.29 is 14.3 Å². The molecule has 1 N–H and O–H groups in total. The van der Waals surface area contributed by atoms with Gasteiger partial charge in [-0.1, -0.05) is 0 Å². The summed E-state index contributed by atoms with van der Waals surface area (Å²) in [6.45, 7) is 10.5. The fraction of sp³-hybridized carbons (Fsp3) is 0.818. The Labute approximate surface area is 97.1 Å². The third-order valence-corrected chi connectivity index (χ3v) is 1.84. The molecule has 0 spiro atoms. The van der Waals surface area contributed by atoms with E-state index in [2.05, 4.69) is 5.43 Å². The van der Waals surface area contributed by atoms with Gasteiger partial charge in [-0.15, -0.1) is 0 Å². The lowest BCUT2D eigenvalue weighted by atomic mass is 10.3. The molecule has 0 heterocycles. The standard InChI is InChI=1S/C11H22N2O3/c1-7(2)12-13(8(3)4)11(15)9(5)16-10(6)14/h7-9,12H,1-6H3. The molecule has 16 heavy (non-hydrogen) atoms. The lowest BCUT2D eigenvalue weighted by Gasteiger charge is -2.31. The summed E-state index contributed by atoms with van der Waals surface area (Å²) < 4.78 is 4.85. The van der Waals surface area contributed by atoms with Gasteiger partial charge in [-0.2, -0.15) is 0 Å². The van der Waals surface area contributed by atoms with Crippen molar-refractivity contribution in [1.29, 1.82) is 0 Å². The van der Waals surface area contributed by atoms with E-state index in [4.69, 9.17) is 4.74 Å². The molecule has 0 radical (unpaired) electrons. The van der Waals surface area contributed by atoms with Crippen molar-refractivity contribution in [3.05, 3.63) is 0 Å². The van der Waals surface area contributed by atoms with Crippen LogP contribution in [0.2, 0.25) is 0 Å². The Morgan fingerprint density at radius 1 is 1.12 bits per heavy atom. The van der Waals surface area contributed by atoms with Gasteiger partial charge in [-0.05, 0) is 34.6 Å². The summed E-state index contributed by atoms with van der Waals surface area (Å²) in [7, 11) is 0. The van der Waals surface area contributed by atoms with E-state index < -0.39 is 12.1 Å². The number of nitrogens with zero attached hydrogens (tertiary/aromatic N) is 1. The number of esters is 1. The van der Waals surface area contributed by atoms with Gasteiger partial charge < -0.3 is 4.74 Å². The SMILES string of the molecule is CC(=O)OC(C)C(=O)N(NC(C)C)C(C)C. The molecule has 0 aromatic carbocycles. The molecule has 5 heteroatoms. The second-order valence-electron chi connectivity index (χ2n) is 4.34. The van der Waals surface area contributed by atoms with E-state index in [1.807, 2.05) is 27.7 Å². The van der Waals surface area contributed by atoms with Gasteiger partial charge in [0, 0.05) is 19.0 Å². The molecule has 0 saturated heterocycles. The second-order valence-corrected chi connectivity index (χ2v) is 4.34. The highest BCUT2D eigenvalue weighted by molar-refractivity contribution is 5.82. The molecule has 0 aliphatic heterocycles. The van der Waals surface area contributed by atoms with Crippen LogP contribution >= 0.6 is 0 Å². The lowest BCUT2D eigenvalue weighted by Crippen LogP contribution is -2.53. The van der Waals surface area contributed by atoms with Gasteiger partial charge in [0.25, 0.3) is 5.91 Å². The van der Waals surface area contributed by atoms with Gasteiger partial charge >= 0.3 is 5.97 Å². The first-order chi connectivity index (χ1) is 7.25. The second kappa shape index (κ2) is 6.48. The number of carbonyl (C=O) groups excluding carboxylic acids is 2. The summed E-state index contributed by atoms with van der Waals surface area (Å²) in [6.07, 6.45) is -0.758. The minimum atomic E-state index is -0.758. The van der Waals surface area contributed by atoms with Crippen molar-refractivity contribution in [3.63, 3.8) is 0 Å². The molecule has 94 valence electrons. The third kappa shape index (κ3) is 5.11. The van der Waals surface area contributed by atoms with Gasteiger partial charge in [0.05, 0.1) is 0 Å². The number of amides is 1. The molecule has 1 unspecified atom stereocenters. The number of rotatable bonds is 5. The number of hydrogen-bond donors (Lipinski definition) is 1. The zero-order valence-corrected chi connectivity index (χ0v) is 10.9. The Balaban J connectivity index is 4.54. The van der Waals surface area contributed by atoms with Crippen LogP contribution in [0.15, 0.2) is 0 Å². The predicted octanol–water partition coefficient (Wildman–Crippen LogP) is 1.09. The molecule has 0 fully saturated rings. The molecule has 1 amide bonds. The first-order valence-corrected chi connectivity index (χ1v) is 5.52. The topological polar surface area (TPSA) is 58.6 Å². The van der Waals surface area contributed by atoms with Gasteiger partial charge in [-0.25, -0.2) is 5.43 Å². The maximum absolute atomic E-state index is 11.9. The van der Waals surface area contributed by atoms with Crippen molar-refractivity contribution in [1.82, 2.24) is 10.4 Å². The van der Waals surface area contributed by atoms with E-state index in [1.165, 1.54) is 11.9 Å². The third-order valence-electron chi connectivity index (χ3n) is 1.84. The van der Waals surface area contributed by atoms with Crippen LogP contribution < -0.4 is 5.43 Å². The monoisotopic (exact) mass is 230 g/mol. The summed E-state index contributed by atoms with van der Waals surface area (Å²) in [5, 5.41) is 1.50. The van der Waals surface area contributed by atoms with Crippen molar-refractivity contribution in [2.75, 3.05) is 0 Å². The molecular weight excluding hydrogens is 208 g/mol. The van der Waals surface area contributed by atoms with Crippen molar-refractivity contribution >= 4 is 11.9 Å². The Morgan fingerprint density at radius 3 is 1.94 bits per heavy atom. The van der Waals surface area contributed by atoms with Crippen LogP contribution in [0.25, 0.3) is 0 Å². The van der Waals surface area contributed by atoms with Crippen molar-refractivity contribution in [3.8, 4) is 0 Å². The molecule has 5 nitrogen and oxygen atoms in total. The summed E-state index contributed by atoms with van der Waals surface area (Å²) >= 11 is 0. The Hall–Kier alpha value is -1.10. The van der Waals surface area contributed by atoms with Gasteiger partial charge in [-0.3, -0.25) is 14.6 Å². The predicted molar refractivity (Wildman–Crippen MR) is 61.5 cm³/mol. The normalized spacial score (nSPS) is 12.8. The molecule has 0 saturated carbocycles. The Morgan fingerprint density at radius 2 is 1.62 bits per heavy atom. The summed E-state index contributed by atoms with van der Waals surface area (Å²) in [5.74, 6) is -0.687. The Bertz CT molecular complexity index is 252. The highest BCUT2D eigenvalue weighted by Gasteiger charge is 2.25. The fourth-order valence-electron chi connectivity index (χ4n) is 1.24. The molecule has 0 aliphatic rings. The van der Waals surface area contributed by atoms with Crippen LogP contribution in [0.4, 0.5) is 0 Å². The maximum atomic E-state index is 11.9. The van der Waals surface area contributed by atoms with E-state index in [1.54, 1.807) is 6.92 Å². The minimum absolute atomic E-state index is 0.00732. The van der Waals surface area contributed by atoms with Gasteiger partial charge in [0.1, 0.15) is 0 Å². The molecule has 0 bridgehead atoms. The molecule has 0 aromatic heterocycles. The summed E-state index contributed by atoms with van der Waals surface area (Å²) in [5.41, 5.74) is 3.03. The van der Waals surface area contributed by atoms with Gasteiger partial charge in [0.15, 0.2) is 6.10 Å². The number of carbonyl (C=O) groups is 2. The van der Waals surface area contributed by atoms with Crippen LogP contribution in [0.5, 0.6) is 0 Å². The van der Waals surface area contributed by atoms with Crippen LogP contribution in [-0.4, -0.2) is 35.1 Å². The first-order valence-electron chi connectivity index (χ1n) is 5.52. The quantitative estimate of drug-likeness (QED) is 0.567. The van der Waals surface area contributed by atoms with Crippen molar-refractivity contribution in [2.24, 2.45) is 0 Å². The summed E-state index contributed by atoms with van der Waals surface area (Å²) in [4.78, 5) is 22.7. The van der Waals surface area contributed by atoms with Crippen LogP contribution in [0, 0.1) is 0 Å². The van der Waals surface area contributed by atoms with E-state index >= 15 is 0 Å². The highest BCUT2D eigenvalue weighted by atomic mass is 16.5. The molecule has 0 aliphatic carbocycles. The Kier molecular flexibility index (Phi) is 6.03. The average Bonchev–Trinajstić information content (AvgIpc) is 2.11. The number of hydrazine groups is 1. The van der Waals surface area contributed by atoms with Crippen LogP contribution in [-0.2, 0) is 14.3 Å². The van der Waals surface area contributed by atoms with E-state index in [-0.39, 0.29) is 18.0 Å². The fourth-order valence-corrected chi connectivity index (χ4v) is 1.24. The maximum Gasteiger partial charge on any atom is 0.303 e. The number of nitrogens with one attached hydrogen (secondary N) is 1. The molecule has 1 atom stereocenters. The molecular formula is C11H22N2O3. The zero-order valence-electron chi connectivity index (χ0n) is 10.9. The van der Waals surface area contributed by atoms with E-state index in [0.717, 1.165) is 0 Å². The number of hydrogen-bond acceptors (Lipinski definition) is 4. The van der Waals surface area contributed by atoms with Gasteiger partial charge in [0.2, 0.25) is 0 Å². The first kappa shape index (κ1) is 14.9. The van der Waals surface area contributed by atoms with Crippen molar-refractivity contribution in [2.45, 2.75) is 59.7 Å².